The molecule has 8 heterocycles. The molecule has 2 amide bonds. The summed E-state index contributed by atoms with van der Waals surface area (Å²) < 4.78 is 20.7. The number of carbonyl (C=O) groups excluding carboxylic acids is 2. The number of carbonyl (C=O) groups is 2. The number of β-amino-alcohol motifs (C(OH)–C–C–N with tert-alkyl or cyclic N) is 1. The SMILES string of the molecule is CC(C)C(C(=O)N1C[C@H](O)C[C@H]1C(=O)N[C@@H](C)c1ccc(-c2ccnn2C)cc1)c1cc(N2CCC(CN3CCC(OC4CC(Oc5cc(N6CCN(c7cc(-c8ccccc8O)nnc7N)CC6)ccn5)C4)CC3)CC2)no1. The maximum atomic E-state index is 14.4. The zero-order valence-corrected chi connectivity index (χ0v) is 45.8. The molecule has 5 aliphatic rings. The molecule has 5 fully saturated rings. The van der Waals surface area contributed by atoms with Crippen molar-refractivity contribution in [2.45, 2.75) is 108 Å². The number of aromatic nitrogens is 6. The number of piperidine rings is 2. The Hall–Kier alpha value is -7.29. The second kappa shape index (κ2) is 23.6. The third kappa shape index (κ3) is 12.2. The molecule has 1 unspecified atom stereocenters. The zero-order valence-electron chi connectivity index (χ0n) is 45.8. The van der Waals surface area contributed by atoms with Gasteiger partial charge in [-0.2, -0.15) is 5.10 Å². The number of piperazine rings is 1. The number of ether oxygens (including phenoxy) is 2. The predicted octanol–water partition coefficient (Wildman–Crippen LogP) is 6.43. The molecule has 418 valence electrons. The zero-order chi connectivity index (χ0) is 54.7. The maximum absolute atomic E-state index is 14.4. The van der Waals surface area contributed by atoms with Crippen molar-refractivity contribution >= 4 is 34.8 Å². The van der Waals surface area contributed by atoms with E-state index in [1.807, 2.05) is 105 Å². The lowest BCUT2D eigenvalue weighted by molar-refractivity contribution is -0.141. The van der Waals surface area contributed by atoms with Gasteiger partial charge in [0.1, 0.15) is 23.8 Å². The number of rotatable bonds is 17. The molecule has 4 aromatic heterocycles. The van der Waals surface area contributed by atoms with Gasteiger partial charge in [0.2, 0.25) is 17.7 Å². The van der Waals surface area contributed by atoms with Crippen molar-refractivity contribution in [3.05, 3.63) is 103 Å². The van der Waals surface area contributed by atoms with Gasteiger partial charge in [0, 0.05) is 128 Å². The minimum atomic E-state index is -0.806. The molecule has 4 atom stereocenters. The van der Waals surface area contributed by atoms with Gasteiger partial charge in [0.15, 0.2) is 17.4 Å². The smallest absolute Gasteiger partial charge is 0.243 e. The van der Waals surface area contributed by atoms with Crippen LogP contribution in [-0.2, 0) is 21.4 Å². The first-order valence-corrected chi connectivity index (χ1v) is 28.3. The van der Waals surface area contributed by atoms with E-state index in [-0.39, 0.29) is 60.8 Å². The standard InChI is InChI=1S/C59H75N13O7/c1-37(2)56(59(76)72-36-43(73)30-51(72)58(75)63-38(3)40-9-11-41(12-10-40)49-14-20-62-67(49)4)53-34-54(66-79-53)71-23-15-39(16-24-71)35-68-21-17-44(18-22-68)77-45-31-46(32-45)78-55-29-42(13-19-61-55)69-25-27-70(28-26-69)50-33-48(64-65-57(50)60)47-7-5-6-8-52(47)74/h5-14,19-20,29,33-34,37-39,43-46,51,56,73-74H,15-18,21-28,30-32,35-36H2,1-4H3,(H2,60,65)(H,63,75)/t38-,43+,45?,46?,51-,56?/m0/s1. The Bertz CT molecular complexity index is 3030. The number of nitrogens with one attached hydrogen (secondary N) is 1. The van der Waals surface area contributed by atoms with E-state index in [0.717, 1.165) is 131 Å². The summed E-state index contributed by atoms with van der Waals surface area (Å²) in [5.74, 6) is 1.64. The predicted molar refractivity (Wildman–Crippen MR) is 301 cm³/mol. The largest absolute Gasteiger partial charge is 0.507 e. The lowest BCUT2D eigenvalue weighted by Crippen LogP contribution is -2.48. The normalized spacial score (nSPS) is 22.3. The van der Waals surface area contributed by atoms with Gasteiger partial charge < -0.3 is 59.8 Å². The quantitative estimate of drug-likeness (QED) is 0.0771. The summed E-state index contributed by atoms with van der Waals surface area (Å²) in [6.45, 7) is 13.9. The van der Waals surface area contributed by atoms with Crippen LogP contribution < -0.4 is 30.5 Å². The summed E-state index contributed by atoms with van der Waals surface area (Å²) >= 11 is 0. The van der Waals surface area contributed by atoms with E-state index < -0.39 is 18.1 Å². The first-order valence-electron chi connectivity index (χ1n) is 28.3. The Morgan fingerprint density at radius 2 is 1.56 bits per heavy atom. The molecule has 2 aromatic carbocycles. The average Bonchev–Trinajstić information content (AvgIpc) is 4.24. The summed E-state index contributed by atoms with van der Waals surface area (Å²) in [4.78, 5) is 43.7. The lowest BCUT2D eigenvalue weighted by Gasteiger charge is -2.41. The number of aliphatic hydroxyl groups excluding tert-OH is 1. The van der Waals surface area contributed by atoms with Gasteiger partial charge >= 0.3 is 0 Å². The molecule has 1 aliphatic carbocycles. The number of pyridine rings is 1. The number of likely N-dealkylation sites (tertiary alicyclic amines) is 2. The van der Waals surface area contributed by atoms with Gasteiger partial charge in [-0.25, -0.2) is 4.98 Å². The first-order chi connectivity index (χ1) is 38.3. The average molecular weight is 1080 g/mol. The topological polar surface area (TPSA) is 230 Å². The molecular formula is C59H75N13O7. The molecule has 0 radical (unpaired) electrons. The Labute approximate surface area is 461 Å². The molecule has 4 saturated heterocycles. The van der Waals surface area contributed by atoms with Crippen molar-refractivity contribution in [2.75, 3.05) is 85.9 Å². The van der Waals surface area contributed by atoms with Crippen LogP contribution in [0.2, 0.25) is 0 Å². The van der Waals surface area contributed by atoms with Crippen LogP contribution in [0.1, 0.15) is 89.0 Å². The number of phenolic OH excluding ortho intramolecular Hbond substituents is 1. The molecule has 20 heteroatoms. The molecule has 1 saturated carbocycles. The van der Waals surface area contributed by atoms with E-state index in [1.165, 1.54) is 4.90 Å². The van der Waals surface area contributed by atoms with Crippen molar-refractivity contribution in [2.24, 2.45) is 18.9 Å². The fourth-order valence-corrected chi connectivity index (χ4v) is 12.2. The summed E-state index contributed by atoms with van der Waals surface area (Å²) in [7, 11) is 1.90. The number of hydrogen-bond donors (Lipinski definition) is 4. The highest BCUT2D eigenvalue weighted by atomic mass is 16.5. The fraction of sp³-hybridized carbons (Fsp3) is 0.508. The van der Waals surface area contributed by atoms with Crippen LogP contribution in [0.5, 0.6) is 11.6 Å². The fourth-order valence-electron chi connectivity index (χ4n) is 12.2. The van der Waals surface area contributed by atoms with E-state index in [0.29, 0.717) is 34.6 Å². The number of para-hydroxylation sites is 1. The number of aromatic hydroxyl groups is 1. The molecule has 4 aliphatic heterocycles. The Morgan fingerprint density at radius 3 is 2.28 bits per heavy atom. The summed E-state index contributed by atoms with van der Waals surface area (Å²) in [6.07, 6.45) is 9.36. The van der Waals surface area contributed by atoms with Crippen LogP contribution in [0.3, 0.4) is 0 Å². The van der Waals surface area contributed by atoms with Crippen molar-refractivity contribution in [3.63, 3.8) is 0 Å². The Morgan fingerprint density at radius 1 is 0.810 bits per heavy atom. The van der Waals surface area contributed by atoms with E-state index in [2.05, 4.69) is 50.4 Å². The number of amides is 2. The molecule has 6 aromatic rings. The lowest BCUT2D eigenvalue weighted by atomic mass is 9.91. The highest BCUT2D eigenvalue weighted by molar-refractivity contribution is 5.91. The molecule has 11 rings (SSSR count). The van der Waals surface area contributed by atoms with Crippen LogP contribution >= 0.6 is 0 Å². The number of benzene rings is 2. The van der Waals surface area contributed by atoms with Crippen LogP contribution in [-0.4, -0.2) is 158 Å². The van der Waals surface area contributed by atoms with Crippen molar-refractivity contribution in [1.82, 2.24) is 45.2 Å². The molecule has 0 spiro atoms. The van der Waals surface area contributed by atoms with Gasteiger partial charge in [0.05, 0.1) is 41.4 Å². The number of phenols is 1. The van der Waals surface area contributed by atoms with E-state index >= 15 is 0 Å². The molecule has 5 N–H and O–H groups in total. The third-order valence-corrected chi connectivity index (χ3v) is 16.9. The molecule has 79 heavy (non-hydrogen) atoms. The van der Waals surface area contributed by atoms with Crippen molar-refractivity contribution in [1.29, 1.82) is 0 Å². The van der Waals surface area contributed by atoms with Crippen molar-refractivity contribution < 1.29 is 33.8 Å². The Kier molecular flexibility index (Phi) is 16.0. The van der Waals surface area contributed by atoms with E-state index in [9.17, 15) is 19.8 Å². The number of aliphatic hydroxyl groups is 1. The Balaban J connectivity index is 0.589. The van der Waals surface area contributed by atoms with E-state index in [1.54, 1.807) is 18.3 Å². The van der Waals surface area contributed by atoms with Crippen LogP contribution in [0, 0.1) is 11.8 Å². The van der Waals surface area contributed by atoms with E-state index in [4.69, 9.17) is 19.7 Å². The second-order valence-electron chi connectivity index (χ2n) is 22.6. The van der Waals surface area contributed by atoms with Crippen molar-refractivity contribution in [3.8, 4) is 34.1 Å². The highest BCUT2D eigenvalue weighted by Gasteiger charge is 2.44. The minimum absolute atomic E-state index is 0.0805. The van der Waals surface area contributed by atoms with Crippen LogP contribution in [0.4, 0.5) is 23.0 Å². The van der Waals surface area contributed by atoms with Gasteiger partial charge in [-0.1, -0.05) is 55.4 Å². The minimum Gasteiger partial charge on any atom is -0.507 e. The van der Waals surface area contributed by atoms with Gasteiger partial charge in [-0.3, -0.25) is 14.3 Å². The summed E-state index contributed by atoms with van der Waals surface area (Å²) in [5, 5.41) is 41.5. The maximum Gasteiger partial charge on any atom is 0.243 e. The number of aryl methyl sites for hydroxylation is 1. The highest BCUT2D eigenvalue weighted by Crippen LogP contribution is 2.37. The first kappa shape index (κ1) is 53.7. The van der Waals surface area contributed by atoms with Gasteiger partial charge in [0.25, 0.3) is 0 Å². The van der Waals surface area contributed by atoms with Gasteiger partial charge in [-0.15, -0.1) is 10.2 Å². The van der Waals surface area contributed by atoms with Gasteiger partial charge in [-0.05, 0) is 85.9 Å². The number of nitrogen functional groups attached to an aromatic ring is 1. The number of hydrogen-bond acceptors (Lipinski definition) is 17. The summed E-state index contributed by atoms with van der Waals surface area (Å²) in [6, 6.07) is 23.8. The number of nitrogens with zero attached hydrogens (tertiary/aromatic N) is 11. The number of anilines is 4. The molecular weight excluding hydrogens is 1000 g/mol. The number of nitrogens with two attached hydrogens (primary N) is 1. The molecule has 0 bridgehead atoms. The second-order valence-corrected chi connectivity index (χ2v) is 22.6. The van der Waals surface area contributed by atoms with Crippen LogP contribution in [0.15, 0.2) is 95.8 Å². The monoisotopic (exact) mass is 1080 g/mol. The molecule has 20 nitrogen and oxygen atoms in total. The third-order valence-electron chi connectivity index (χ3n) is 16.9. The summed E-state index contributed by atoms with van der Waals surface area (Å²) in [5.41, 5.74) is 12.3. The van der Waals surface area contributed by atoms with Crippen LogP contribution in [0.25, 0.3) is 22.5 Å².